The molecule has 1 aliphatic carbocycles. The molecule has 1 fully saturated rings. The Hall–Kier alpha value is -0.430. The van der Waals surface area contributed by atoms with Gasteiger partial charge in [-0.1, -0.05) is 19.8 Å². The van der Waals surface area contributed by atoms with E-state index in [0.717, 1.165) is 35.6 Å². The Morgan fingerprint density at radius 3 is 2.71 bits per heavy atom. The van der Waals surface area contributed by atoms with Gasteiger partial charge in [0.2, 0.25) is 10.0 Å². The largest absolute Gasteiger partial charge is 0.309 e. The van der Waals surface area contributed by atoms with Gasteiger partial charge in [0, 0.05) is 35.9 Å². The van der Waals surface area contributed by atoms with E-state index in [1.54, 1.807) is 18.4 Å². The Labute approximate surface area is 132 Å². The zero-order chi connectivity index (χ0) is 15.5. The lowest BCUT2D eigenvalue weighted by Crippen LogP contribution is -2.28. The monoisotopic (exact) mass is 330 g/mol. The number of rotatable bonds is 9. The molecular weight excluding hydrogens is 304 g/mol. The molecule has 0 saturated heterocycles. The zero-order valence-electron chi connectivity index (χ0n) is 13.2. The van der Waals surface area contributed by atoms with Crippen molar-refractivity contribution in [2.45, 2.75) is 63.4 Å². The number of aryl methyl sites for hydroxylation is 1. The second kappa shape index (κ2) is 7.22. The molecule has 0 amide bonds. The van der Waals surface area contributed by atoms with Gasteiger partial charge in [0.15, 0.2) is 0 Å². The van der Waals surface area contributed by atoms with Crippen LogP contribution in [0.25, 0.3) is 0 Å². The standard InChI is InChI=1S/C15H26N2O2S2/c1-4-5-6-9-17(3)21(18,19)15-10-14(20-12(15)2)11-16-13-7-8-13/h10,13,16H,4-9,11H2,1-3H3. The molecule has 0 aliphatic heterocycles. The average Bonchev–Trinajstić information content (AvgIpc) is 3.18. The third-order valence-electron chi connectivity index (χ3n) is 3.83. The first-order valence-corrected chi connectivity index (χ1v) is 10.00. The molecule has 1 aliphatic rings. The smallest absolute Gasteiger partial charge is 0.243 e. The maximum absolute atomic E-state index is 12.6. The molecule has 0 spiro atoms. The van der Waals surface area contributed by atoms with Gasteiger partial charge >= 0.3 is 0 Å². The minimum Gasteiger partial charge on any atom is -0.309 e. The number of sulfonamides is 1. The van der Waals surface area contributed by atoms with E-state index in [4.69, 9.17) is 0 Å². The number of hydrogen-bond acceptors (Lipinski definition) is 4. The van der Waals surface area contributed by atoms with Crippen molar-refractivity contribution in [3.05, 3.63) is 15.8 Å². The van der Waals surface area contributed by atoms with Crippen LogP contribution >= 0.6 is 11.3 Å². The first-order chi connectivity index (χ1) is 9.95. The summed E-state index contributed by atoms with van der Waals surface area (Å²) in [6.07, 6.45) is 5.58. The number of unbranched alkanes of at least 4 members (excludes halogenated alkanes) is 2. The summed E-state index contributed by atoms with van der Waals surface area (Å²) < 4.78 is 26.7. The van der Waals surface area contributed by atoms with E-state index in [-0.39, 0.29) is 0 Å². The second-order valence-electron chi connectivity index (χ2n) is 5.82. The van der Waals surface area contributed by atoms with Gasteiger partial charge in [-0.2, -0.15) is 0 Å². The summed E-state index contributed by atoms with van der Waals surface area (Å²) in [5.41, 5.74) is 0. The van der Waals surface area contributed by atoms with Gasteiger partial charge < -0.3 is 5.32 Å². The number of nitrogens with zero attached hydrogens (tertiary/aromatic N) is 1. The molecule has 0 bridgehead atoms. The number of thiophene rings is 1. The summed E-state index contributed by atoms with van der Waals surface area (Å²) in [6.45, 7) is 5.40. The molecule has 2 rings (SSSR count). The summed E-state index contributed by atoms with van der Waals surface area (Å²) in [7, 11) is -1.65. The number of nitrogens with one attached hydrogen (secondary N) is 1. The van der Waals surface area contributed by atoms with E-state index in [1.807, 2.05) is 13.0 Å². The van der Waals surface area contributed by atoms with Crippen molar-refractivity contribution >= 4 is 21.4 Å². The van der Waals surface area contributed by atoms with Crippen molar-refractivity contribution in [2.75, 3.05) is 13.6 Å². The quantitative estimate of drug-likeness (QED) is 0.708. The van der Waals surface area contributed by atoms with Gasteiger partial charge in [0.25, 0.3) is 0 Å². The van der Waals surface area contributed by atoms with E-state index >= 15 is 0 Å². The van der Waals surface area contributed by atoms with E-state index in [0.29, 0.717) is 17.5 Å². The second-order valence-corrected chi connectivity index (χ2v) is 9.18. The molecule has 1 N–H and O–H groups in total. The van der Waals surface area contributed by atoms with Crippen molar-refractivity contribution < 1.29 is 8.42 Å². The summed E-state index contributed by atoms with van der Waals surface area (Å²) in [5.74, 6) is 0. The molecule has 120 valence electrons. The topological polar surface area (TPSA) is 49.4 Å². The number of hydrogen-bond donors (Lipinski definition) is 1. The normalized spacial score (nSPS) is 15.8. The van der Waals surface area contributed by atoms with Crippen molar-refractivity contribution in [2.24, 2.45) is 0 Å². The lowest BCUT2D eigenvalue weighted by molar-refractivity contribution is 0.454. The molecule has 6 heteroatoms. The van der Waals surface area contributed by atoms with Gasteiger partial charge in [-0.25, -0.2) is 12.7 Å². The fraction of sp³-hybridized carbons (Fsp3) is 0.733. The van der Waals surface area contributed by atoms with Crippen molar-refractivity contribution in [1.82, 2.24) is 9.62 Å². The van der Waals surface area contributed by atoms with Crippen LogP contribution in [0.1, 0.15) is 48.8 Å². The molecule has 1 saturated carbocycles. The first kappa shape index (κ1) is 16.9. The van der Waals surface area contributed by atoms with Gasteiger partial charge in [0.05, 0.1) is 4.90 Å². The third-order valence-corrected chi connectivity index (χ3v) is 6.99. The van der Waals surface area contributed by atoms with Crippen LogP contribution in [0.5, 0.6) is 0 Å². The van der Waals surface area contributed by atoms with Crippen LogP contribution in [-0.2, 0) is 16.6 Å². The maximum atomic E-state index is 12.6. The van der Waals surface area contributed by atoms with E-state index in [2.05, 4.69) is 12.2 Å². The van der Waals surface area contributed by atoms with Crippen LogP contribution in [-0.4, -0.2) is 32.4 Å². The molecular formula is C15H26N2O2S2. The summed E-state index contributed by atoms with van der Waals surface area (Å²) in [5, 5.41) is 3.44. The molecule has 0 atom stereocenters. The van der Waals surface area contributed by atoms with Crippen molar-refractivity contribution in [1.29, 1.82) is 0 Å². The van der Waals surface area contributed by atoms with Gasteiger partial charge in [-0.15, -0.1) is 11.3 Å². The molecule has 1 aromatic heterocycles. The summed E-state index contributed by atoms with van der Waals surface area (Å²) in [6, 6.07) is 2.49. The van der Waals surface area contributed by atoms with Crippen LogP contribution in [0.15, 0.2) is 11.0 Å². The highest BCUT2D eigenvalue weighted by atomic mass is 32.2. The predicted octanol–water partition coefficient (Wildman–Crippen LogP) is 3.12. The predicted molar refractivity (Wildman–Crippen MR) is 88.3 cm³/mol. The van der Waals surface area contributed by atoms with E-state index < -0.39 is 10.0 Å². The highest BCUT2D eigenvalue weighted by Crippen LogP contribution is 2.29. The fourth-order valence-electron chi connectivity index (χ4n) is 2.27. The first-order valence-electron chi connectivity index (χ1n) is 7.74. The Morgan fingerprint density at radius 1 is 1.38 bits per heavy atom. The van der Waals surface area contributed by atoms with Crippen molar-refractivity contribution in [3.8, 4) is 0 Å². The Kier molecular flexibility index (Phi) is 5.82. The SMILES string of the molecule is CCCCCN(C)S(=O)(=O)c1cc(CNC2CC2)sc1C. The lowest BCUT2D eigenvalue weighted by Gasteiger charge is -2.16. The van der Waals surface area contributed by atoms with Gasteiger partial charge in [0.1, 0.15) is 0 Å². The van der Waals surface area contributed by atoms with Crippen LogP contribution < -0.4 is 5.32 Å². The third kappa shape index (κ3) is 4.52. The Bertz CT molecular complexity index is 562. The molecule has 1 aromatic rings. The lowest BCUT2D eigenvalue weighted by atomic mass is 10.2. The molecule has 0 unspecified atom stereocenters. The molecule has 0 aromatic carbocycles. The average molecular weight is 331 g/mol. The zero-order valence-corrected chi connectivity index (χ0v) is 14.8. The maximum Gasteiger partial charge on any atom is 0.243 e. The van der Waals surface area contributed by atoms with E-state index in [1.165, 1.54) is 17.1 Å². The van der Waals surface area contributed by atoms with Gasteiger partial charge in [-0.05, 0) is 32.3 Å². The van der Waals surface area contributed by atoms with Crippen LogP contribution in [0, 0.1) is 6.92 Å². The van der Waals surface area contributed by atoms with Crippen molar-refractivity contribution in [3.63, 3.8) is 0 Å². The highest BCUT2D eigenvalue weighted by molar-refractivity contribution is 7.89. The van der Waals surface area contributed by atoms with E-state index in [9.17, 15) is 8.42 Å². The molecule has 21 heavy (non-hydrogen) atoms. The Balaban J connectivity index is 2.03. The summed E-state index contributed by atoms with van der Waals surface area (Å²) in [4.78, 5) is 2.49. The van der Waals surface area contributed by atoms with Crippen LogP contribution in [0.2, 0.25) is 0 Å². The minimum atomic E-state index is -3.34. The fourth-order valence-corrected chi connectivity index (χ4v) is 5.03. The molecule has 0 radical (unpaired) electrons. The van der Waals surface area contributed by atoms with Crippen LogP contribution in [0.3, 0.4) is 0 Å². The molecule has 1 heterocycles. The highest BCUT2D eigenvalue weighted by Gasteiger charge is 2.25. The molecule has 4 nitrogen and oxygen atoms in total. The Morgan fingerprint density at radius 2 is 2.10 bits per heavy atom. The van der Waals surface area contributed by atoms with Crippen LogP contribution in [0.4, 0.5) is 0 Å². The minimum absolute atomic E-state index is 0.485. The summed E-state index contributed by atoms with van der Waals surface area (Å²) >= 11 is 1.59. The van der Waals surface area contributed by atoms with Gasteiger partial charge in [-0.3, -0.25) is 0 Å².